The highest BCUT2D eigenvalue weighted by Crippen LogP contribution is 2.46. The Kier molecular flexibility index (Phi) is 4.86. The molecule has 2 aliphatic rings. The Bertz CT molecular complexity index is 1170. The molecule has 32 heavy (non-hydrogen) atoms. The van der Waals surface area contributed by atoms with Gasteiger partial charge in [-0.2, -0.15) is 0 Å². The third-order valence-corrected chi connectivity index (χ3v) is 7.62. The Morgan fingerprint density at radius 3 is 2.34 bits per heavy atom. The first-order valence-corrected chi connectivity index (χ1v) is 11.3. The van der Waals surface area contributed by atoms with E-state index in [2.05, 4.69) is 54.6 Å². The van der Waals surface area contributed by atoms with E-state index >= 15 is 0 Å². The average molecular weight is 431 g/mol. The number of hydrogen-bond acceptors (Lipinski definition) is 3. The molecule has 0 radical (unpaired) electrons. The van der Waals surface area contributed by atoms with Crippen molar-refractivity contribution >= 4 is 28.5 Å². The van der Waals surface area contributed by atoms with Crippen molar-refractivity contribution in [3.8, 4) is 0 Å². The molecule has 1 N–H and O–H groups in total. The van der Waals surface area contributed by atoms with E-state index in [1.807, 2.05) is 29.2 Å². The lowest BCUT2D eigenvalue weighted by Gasteiger charge is -2.48. The maximum absolute atomic E-state index is 13.1. The van der Waals surface area contributed by atoms with Gasteiger partial charge < -0.3 is 5.32 Å². The Hall–Kier alpha value is -3.12. The first-order valence-electron chi connectivity index (χ1n) is 11.3. The molecule has 2 amide bonds. The second kappa shape index (κ2) is 7.48. The molecule has 2 heterocycles. The molecule has 6 nitrogen and oxygen atoms in total. The van der Waals surface area contributed by atoms with Crippen molar-refractivity contribution in [3.05, 3.63) is 66.4 Å². The summed E-state index contributed by atoms with van der Waals surface area (Å²) in [5, 5.41) is 4.26. The minimum atomic E-state index is -0.226. The fraction of sp³-hybridized carbons (Fsp3) is 0.385. The van der Waals surface area contributed by atoms with Gasteiger partial charge in [-0.3, -0.25) is 19.2 Å². The van der Waals surface area contributed by atoms with Crippen LogP contribution in [0.2, 0.25) is 0 Å². The maximum Gasteiger partial charge on any atom is 0.322 e. The lowest BCUT2D eigenvalue weighted by atomic mass is 9.69. The average Bonchev–Trinajstić information content (AvgIpc) is 3.36. The van der Waals surface area contributed by atoms with Gasteiger partial charge in [0.2, 0.25) is 5.91 Å². The summed E-state index contributed by atoms with van der Waals surface area (Å²) in [5.74, 6) is -0.0345. The van der Waals surface area contributed by atoms with Crippen LogP contribution in [-0.2, 0) is 5.54 Å². The zero-order valence-electron chi connectivity index (χ0n) is 19.0. The second-order valence-corrected chi connectivity index (χ2v) is 9.50. The van der Waals surface area contributed by atoms with Gasteiger partial charge in [0.15, 0.2) is 0 Å². The molecule has 1 spiro atoms. The zero-order valence-corrected chi connectivity index (χ0v) is 19.0. The van der Waals surface area contributed by atoms with E-state index in [1.54, 1.807) is 17.7 Å². The third-order valence-electron chi connectivity index (χ3n) is 7.62. The number of rotatable bonds is 3. The van der Waals surface area contributed by atoms with Crippen LogP contribution in [0.15, 0.2) is 60.8 Å². The summed E-state index contributed by atoms with van der Waals surface area (Å²) in [7, 11) is 4.32. The first kappa shape index (κ1) is 20.8. The highest BCUT2D eigenvalue weighted by Gasteiger charge is 2.50. The Balaban J connectivity index is 1.43. The number of carbonyl (C=O) groups is 2. The Labute approximate surface area is 188 Å². The molecule has 2 aromatic carbocycles. The fourth-order valence-corrected chi connectivity index (χ4v) is 5.73. The van der Waals surface area contributed by atoms with Gasteiger partial charge in [-0.15, -0.1) is 0 Å². The smallest absolute Gasteiger partial charge is 0.322 e. The molecule has 3 aromatic rings. The molecule has 1 aliphatic carbocycles. The summed E-state index contributed by atoms with van der Waals surface area (Å²) in [6.07, 6.45) is 5.61. The Morgan fingerprint density at radius 2 is 1.69 bits per heavy atom. The predicted octanol–water partition coefficient (Wildman–Crippen LogP) is 4.60. The highest BCUT2D eigenvalue weighted by atomic mass is 16.2. The molecule has 5 rings (SSSR count). The molecule has 0 atom stereocenters. The molecule has 2 fully saturated rings. The number of nitrogens with one attached hydrogen (secondary N) is 1. The summed E-state index contributed by atoms with van der Waals surface area (Å²) in [4.78, 5) is 29.3. The molecule has 1 saturated heterocycles. The van der Waals surface area contributed by atoms with Crippen molar-refractivity contribution in [2.24, 2.45) is 0 Å². The number of urea groups is 1. The molecular weight excluding hydrogens is 400 g/mol. The maximum atomic E-state index is 13.1. The van der Waals surface area contributed by atoms with Gasteiger partial charge in [0.05, 0.1) is 23.3 Å². The van der Waals surface area contributed by atoms with Crippen LogP contribution in [0.5, 0.6) is 0 Å². The largest absolute Gasteiger partial charge is 0.330 e. The number of carbonyl (C=O) groups excluding carboxylic acids is 2. The van der Waals surface area contributed by atoms with Crippen LogP contribution in [0.25, 0.3) is 10.9 Å². The minimum Gasteiger partial charge on any atom is -0.330 e. The molecule has 166 valence electrons. The Morgan fingerprint density at radius 1 is 0.969 bits per heavy atom. The second-order valence-electron chi connectivity index (χ2n) is 9.50. The predicted molar refractivity (Wildman–Crippen MR) is 127 cm³/mol. The number of amides is 2. The minimum absolute atomic E-state index is 0.0105. The van der Waals surface area contributed by atoms with Crippen LogP contribution >= 0.6 is 0 Å². The van der Waals surface area contributed by atoms with Crippen LogP contribution in [0.3, 0.4) is 0 Å². The molecule has 1 saturated carbocycles. The van der Waals surface area contributed by atoms with Gasteiger partial charge >= 0.3 is 6.03 Å². The SMILES string of the molecule is CC(=O)n1ccc2c(N3C[C@]4(CC[C@@](c5ccccc5)(N(C)C)CC4)NC3=O)cccc21. The first-order chi connectivity index (χ1) is 15.4. The van der Waals surface area contributed by atoms with Crippen LogP contribution < -0.4 is 10.2 Å². The van der Waals surface area contributed by atoms with E-state index in [9.17, 15) is 9.59 Å². The van der Waals surface area contributed by atoms with E-state index in [4.69, 9.17) is 0 Å². The number of nitrogens with zero attached hydrogens (tertiary/aromatic N) is 3. The fourth-order valence-electron chi connectivity index (χ4n) is 5.73. The van der Waals surface area contributed by atoms with Gasteiger partial charge in [-0.25, -0.2) is 4.79 Å². The van der Waals surface area contributed by atoms with Crippen LogP contribution in [0.4, 0.5) is 10.5 Å². The van der Waals surface area contributed by atoms with Crippen LogP contribution in [0, 0.1) is 0 Å². The van der Waals surface area contributed by atoms with Crippen molar-refractivity contribution in [1.82, 2.24) is 14.8 Å². The quantitative estimate of drug-likeness (QED) is 0.661. The summed E-state index contributed by atoms with van der Waals surface area (Å²) in [6.45, 7) is 2.20. The molecule has 1 aromatic heterocycles. The lowest BCUT2D eigenvalue weighted by molar-refractivity contribution is 0.0658. The number of fused-ring (bicyclic) bond motifs is 1. The van der Waals surface area contributed by atoms with E-state index in [1.165, 1.54) is 5.56 Å². The third kappa shape index (κ3) is 3.13. The van der Waals surface area contributed by atoms with Crippen molar-refractivity contribution < 1.29 is 9.59 Å². The molecule has 1 aliphatic heterocycles. The molecule has 0 unspecified atom stereocenters. The van der Waals surface area contributed by atoms with Gasteiger partial charge in [-0.05, 0) is 63.5 Å². The van der Waals surface area contributed by atoms with Gasteiger partial charge in [-0.1, -0.05) is 36.4 Å². The number of aromatic nitrogens is 1. The normalized spacial score (nSPS) is 25.6. The summed E-state index contributed by atoms with van der Waals surface area (Å²) in [5.41, 5.74) is 2.81. The van der Waals surface area contributed by atoms with Crippen molar-refractivity contribution in [2.75, 3.05) is 25.5 Å². The van der Waals surface area contributed by atoms with E-state index < -0.39 is 0 Å². The molecule has 0 bridgehead atoms. The van der Waals surface area contributed by atoms with Gasteiger partial charge in [0.1, 0.15) is 0 Å². The topological polar surface area (TPSA) is 57.6 Å². The number of benzene rings is 2. The molecular formula is C26H30N4O2. The van der Waals surface area contributed by atoms with Crippen molar-refractivity contribution in [3.63, 3.8) is 0 Å². The number of hydrogen-bond donors (Lipinski definition) is 1. The van der Waals surface area contributed by atoms with E-state index in [0.717, 1.165) is 42.3 Å². The van der Waals surface area contributed by atoms with Gasteiger partial charge in [0.25, 0.3) is 0 Å². The van der Waals surface area contributed by atoms with Crippen LogP contribution in [0.1, 0.15) is 43.0 Å². The van der Waals surface area contributed by atoms with Gasteiger partial charge in [0, 0.05) is 24.0 Å². The van der Waals surface area contributed by atoms with Crippen molar-refractivity contribution in [2.45, 2.75) is 43.7 Å². The standard InChI is InChI=1S/C26H30N4O2/c1-19(31)29-17-12-21-22(29)10-7-11-23(21)30-18-25(27-24(30)32)13-15-26(16-14-25,28(2)3)20-8-5-4-6-9-20/h4-12,17H,13-16,18H2,1-3H3,(H,27,32)/t25-,26-. The summed E-state index contributed by atoms with van der Waals surface area (Å²) in [6, 6.07) is 18.4. The zero-order chi connectivity index (χ0) is 22.5. The monoisotopic (exact) mass is 430 g/mol. The number of anilines is 1. The van der Waals surface area contributed by atoms with E-state index in [-0.39, 0.29) is 23.0 Å². The molecule has 6 heteroatoms. The van der Waals surface area contributed by atoms with Crippen molar-refractivity contribution in [1.29, 1.82) is 0 Å². The summed E-state index contributed by atoms with van der Waals surface area (Å²) >= 11 is 0. The summed E-state index contributed by atoms with van der Waals surface area (Å²) < 4.78 is 1.63. The van der Waals surface area contributed by atoms with E-state index in [0.29, 0.717) is 6.54 Å². The van der Waals surface area contributed by atoms with Crippen LogP contribution in [-0.4, -0.2) is 47.6 Å². The highest BCUT2D eigenvalue weighted by molar-refractivity contribution is 6.06. The lowest BCUT2D eigenvalue weighted by Crippen LogP contribution is -2.54.